The van der Waals surface area contributed by atoms with Gasteiger partial charge in [0.2, 0.25) is 5.91 Å². The number of likely N-dealkylation sites (N-methyl/N-ethyl adjacent to an activating group) is 1. The Kier molecular flexibility index (Phi) is 28.5. The molecule has 1 amide bonds. The molecule has 0 fully saturated rings. The molecule has 0 saturated carbocycles. The number of aliphatic hydroxyl groups is 1. The number of allylic oxidation sites excluding steroid dienone is 3. The van der Waals surface area contributed by atoms with Gasteiger partial charge in [-0.2, -0.15) is 0 Å². The zero-order chi connectivity index (χ0) is 33.7. The summed E-state index contributed by atoms with van der Waals surface area (Å²) in [7, 11) is 1.24. The Morgan fingerprint density at radius 1 is 0.756 bits per heavy atom. The maximum Gasteiger partial charge on any atom is 0.268 e. The van der Waals surface area contributed by atoms with Gasteiger partial charge in [0.1, 0.15) is 13.2 Å². The molecule has 0 aliphatic rings. The van der Waals surface area contributed by atoms with Gasteiger partial charge in [-0.3, -0.25) is 9.36 Å². The number of quaternary nitrogens is 1. The number of nitrogens with one attached hydrogen (secondary N) is 1. The van der Waals surface area contributed by atoms with Crippen molar-refractivity contribution in [2.45, 2.75) is 161 Å². The van der Waals surface area contributed by atoms with Crippen molar-refractivity contribution in [3.63, 3.8) is 0 Å². The van der Waals surface area contributed by atoms with Crippen LogP contribution in [0, 0.1) is 0 Å². The van der Waals surface area contributed by atoms with E-state index in [0.717, 1.165) is 51.4 Å². The Hall–Kier alpha value is -1.02. The van der Waals surface area contributed by atoms with E-state index in [1.54, 1.807) is 6.08 Å². The standard InChI is InChI=1S/C36H71N2O6P/c1-6-8-10-12-13-14-15-16-17-18-19-20-21-22-23-24-26-27-29-35(39)34(37-36(40)30-28-25-11-9-7-2)33-44-45(41,42)43-32-31-38(3,4)5/h22-23,27,29,34-35,39H,6-21,24-26,28,30-33H2,1-5H3,(H-,37,40,41,42)/b23-22+,29-27+. The first-order valence-electron chi connectivity index (χ1n) is 18.2. The summed E-state index contributed by atoms with van der Waals surface area (Å²) < 4.78 is 22.9. The van der Waals surface area contributed by atoms with Crippen LogP contribution in [0.1, 0.15) is 149 Å². The van der Waals surface area contributed by atoms with E-state index in [-0.39, 0.29) is 12.5 Å². The molecule has 3 atom stereocenters. The quantitative estimate of drug-likeness (QED) is 0.0325. The average molecular weight is 659 g/mol. The summed E-state index contributed by atoms with van der Waals surface area (Å²) in [5.41, 5.74) is 0. The largest absolute Gasteiger partial charge is 0.756 e. The Balaban J connectivity index is 4.42. The third-order valence-electron chi connectivity index (χ3n) is 7.91. The van der Waals surface area contributed by atoms with Gasteiger partial charge in [0.05, 0.1) is 39.9 Å². The van der Waals surface area contributed by atoms with Crippen LogP contribution in [0.5, 0.6) is 0 Å². The van der Waals surface area contributed by atoms with E-state index >= 15 is 0 Å². The highest BCUT2D eigenvalue weighted by molar-refractivity contribution is 7.45. The molecule has 45 heavy (non-hydrogen) atoms. The van der Waals surface area contributed by atoms with Gasteiger partial charge in [-0.25, -0.2) is 0 Å². The lowest BCUT2D eigenvalue weighted by Crippen LogP contribution is -2.45. The molecular formula is C36H71N2O6P. The van der Waals surface area contributed by atoms with Gasteiger partial charge in [0.15, 0.2) is 0 Å². The normalized spacial score (nSPS) is 15.1. The number of rotatable bonds is 32. The summed E-state index contributed by atoms with van der Waals surface area (Å²) in [5, 5.41) is 13.6. The summed E-state index contributed by atoms with van der Waals surface area (Å²) in [5.74, 6) is -0.222. The topological polar surface area (TPSA) is 108 Å². The molecule has 0 aromatic carbocycles. The van der Waals surface area contributed by atoms with Crippen molar-refractivity contribution < 1.29 is 32.9 Å². The molecule has 2 N–H and O–H groups in total. The highest BCUT2D eigenvalue weighted by Crippen LogP contribution is 2.38. The van der Waals surface area contributed by atoms with E-state index in [2.05, 4.69) is 31.3 Å². The first-order chi connectivity index (χ1) is 21.5. The Labute approximate surface area is 277 Å². The van der Waals surface area contributed by atoms with Crippen LogP contribution in [0.4, 0.5) is 0 Å². The van der Waals surface area contributed by atoms with Crippen LogP contribution >= 0.6 is 7.82 Å². The fraction of sp³-hybridized carbons (Fsp3) is 0.861. The van der Waals surface area contributed by atoms with Crippen LogP contribution in [-0.2, 0) is 18.4 Å². The second-order valence-corrected chi connectivity index (χ2v) is 15.0. The average Bonchev–Trinajstić information content (AvgIpc) is 2.97. The fourth-order valence-electron chi connectivity index (χ4n) is 4.93. The van der Waals surface area contributed by atoms with E-state index in [4.69, 9.17) is 9.05 Å². The number of hydrogen-bond donors (Lipinski definition) is 2. The van der Waals surface area contributed by atoms with E-state index in [0.29, 0.717) is 17.4 Å². The van der Waals surface area contributed by atoms with Crippen LogP contribution in [0.3, 0.4) is 0 Å². The van der Waals surface area contributed by atoms with E-state index in [1.165, 1.54) is 77.0 Å². The van der Waals surface area contributed by atoms with Gasteiger partial charge >= 0.3 is 0 Å². The van der Waals surface area contributed by atoms with Gasteiger partial charge in [-0.15, -0.1) is 0 Å². The molecule has 0 spiro atoms. The molecule has 3 unspecified atom stereocenters. The van der Waals surface area contributed by atoms with Crippen LogP contribution in [0.25, 0.3) is 0 Å². The van der Waals surface area contributed by atoms with Gasteiger partial charge in [0, 0.05) is 6.42 Å². The molecular weight excluding hydrogens is 587 g/mol. The minimum Gasteiger partial charge on any atom is -0.756 e. The fourth-order valence-corrected chi connectivity index (χ4v) is 5.65. The Morgan fingerprint density at radius 2 is 1.24 bits per heavy atom. The number of carbonyl (C=O) groups is 1. The lowest BCUT2D eigenvalue weighted by molar-refractivity contribution is -0.870. The number of aliphatic hydroxyl groups excluding tert-OH is 1. The second-order valence-electron chi connectivity index (χ2n) is 13.6. The molecule has 0 heterocycles. The minimum atomic E-state index is -4.57. The highest BCUT2D eigenvalue weighted by atomic mass is 31.2. The predicted molar refractivity (Wildman–Crippen MR) is 187 cm³/mol. The van der Waals surface area contributed by atoms with Crippen LogP contribution < -0.4 is 10.2 Å². The monoisotopic (exact) mass is 659 g/mol. The van der Waals surface area contributed by atoms with Crippen molar-refractivity contribution in [1.82, 2.24) is 5.32 Å². The van der Waals surface area contributed by atoms with E-state index in [9.17, 15) is 19.4 Å². The lowest BCUT2D eigenvalue weighted by Gasteiger charge is -2.29. The van der Waals surface area contributed by atoms with Gasteiger partial charge in [-0.1, -0.05) is 134 Å². The number of amides is 1. The van der Waals surface area contributed by atoms with Crippen molar-refractivity contribution in [2.75, 3.05) is 40.9 Å². The van der Waals surface area contributed by atoms with Crippen LogP contribution in [0.2, 0.25) is 0 Å². The first kappa shape index (κ1) is 44.0. The molecule has 8 nitrogen and oxygen atoms in total. The molecule has 0 rings (SSSR count). The van der Waals surface area contributed by atoms with Gasteiger partial charge in [0.25, 0.3) is 7.82 Å². The number of nitrogens with zero attached hydrogens (tertiary/aromatic N) is 1. The maximum atomic E-state index is 12.5. The third-order valence-corrected chi connectivity index (χ3v) is 8.88. The molecule has 0 saturated heterocycles. The van der Waals surface area contributed by atoms with Crippen LogP contribution in [-0.4, -0.2) is 68.5 Å². The smallest absolute Gasteiger partial charge is 0.268 e. The number of phosphoric acid groups is 1. The van der Waals surface area contributed by atoms with Crippen molar-refractivity contribution in [3.8, 4) is 0 Å². The summed E-state index contributed by atoms with van der Waals surface area (Å²) in [4.78, 5) is 24.8. The number of phosphoric ester groups is 1. The zero-order valence-electron chi connectivity index (χ0n) is 29.8. The molecule has 266 valence electrons. The number of hydrogen-bond acceptors (Lipinski definition) is 6. The van der Waals surface area contributed by atoms with Gasteiger partial charge in [-0.05, 0) is 32.1 Å². The SMILES string of the molecule is CCCCCCCCCCCCCC/C=C/CC/C=C/C(O)C(COP(=O)([O-])OCC[N+](C)(C)C)NC(=O)CCCCCCC. The van der Waals surface area contributed by atoms with Crippen molar-refractivity contribution in [2.24, 2.45) is 0 Å². The summed E-state index contributed by atoms with van der Waals surface area (Å²) >= 11 is 0. The predicted octanol–water partition coefficient (Wildman–Crippen LogP) is 8.38. The first-order valence-corrected chi connectivity index (χ1v) is 19.7. The maximum absolute atomic E-state index is 12.5. The molecule has 0 bridgehead atoms. The molecule has 9 heteroatoms. The van der Waals surface area contributed by atoms with E-state index in [1.807, 2.05) is 27.2 Å². The second kappa shape index (κ2) is 29.1. The minimum absolute atomic E-state index is 0.00561. The van der Waals surface area contributed by atoms with Gasteiger partial charge < -0.3 is 28.8 Å². The number of carbonyl (C=O) groups excluding carboxylic acids is 1. The Morgan fingerprint density at radius 3 is 1.80 bits per heavy atom. The molecule has 0 aromatic heterocycles. The van der Waals surface area contributed by atoms with E-state index < -0.39 is 26.6 Å². The molecule has 0 aromatic rings. The number of unbranched alkanes of at least 4 members (excludes halogenated alkanes) is 17. The summed E-state index contributed by atoms with van der Waals surface area (Å²) in [6.07, 6.45) is 31.2. The summed E-state index contributed by atoms with van der Waals surface area (Å²) in [6.45, 7) is 4.50. The van der Waals surface area contributed by atoms with Crippen molar-refractivity contribution in [1.29, 1.82) is 0 Å². The highest BCUT2D eigenvalue weighted by Gasteiger charge is 2.23. The zero-order valence-corrected chi connectivity index (χ0v) is 30.7. The van der Waals surface area contributed by atoms with Crippen molar-refractivity contribution in [3.05, 3.63) is 24.3 Å². The van der Waals surface area contributed by atoms with Crippen molar-refractivity contribution >= 4 is 13.7 Å². The third kappa shape index (κ3) is 31.4. The summed E-state index contributed by atoms with van der Waals surface area (Å²) in [6, 6.07) is -0.894. The van der Waals surface area contributed by atoms with Crippen LogP contribution in [0.15, 0.2) is 24.3 Å². The molecule has 0 aliphatic carbocycles. The lowest BCUT2D eigenvalue weighted by atomic mass is 10.0. The Bertz CT molecular complexity index is 799. The molecule has 0 aliphatic heterocycles. The molecule has 0 radical (unpaired) electrons.